The summed E-state index contributed by atoms with van der Waals surface area (Å²) in [6.45, 7) is 4.62. The molecule has 2 aromatic carbocycles. The maximum absolute atomic E-state index is 3.80. The zero-order chi connectivity index (χ0) is 27.6. The highest BCUT2D eigenvalue weighted by Gasteiger charge is 2.64. The molecular formula is C37H48N2P2. The molecule has 0 amide bonds. The molecule has 41 heavy (non-hydrogen) atoms. The van der Waals surface area contributed by atoms with E-state index >= 15 is 0 Å². The average Bonchev–Trinajstić information content (AvgIpc) is 3.80. The normalized spacial score (nSPS) is 39.4. The summed E-state index contributed by atoms with van der Waals surface area (Å²) in [5, 5.41) is 7.71. The molecule has 4 bridgehead atoms. The van der Waals surface area contributed by atoms with Crippen LogP contribution in [0.5, 0.6) is 0 Å². The van der Waals surface area contributed by atoms with Gasteiger partial charge in [0, 0.05) is 11.1 Å². The Hall–Kier alpha value is -1.30. The minimum absolute atomic E-state index is 0.107. The van der Waals surface area contributed by atoms with Gasteiger partial charge in [0.25, 0.3) is 0 Å². The van der Waals surface area contributed by atoms with Gasteiger partial charge in [-0.15, -0.1) is 18.5 Å². The molecule has 0 aromatic heterocycles. The van der Waals surface area contributed by atoms with Crippen LogP contribution in [0.3, 0.4) is 0 Å². The van der Waals surface area contributed by atoms with E-state index < -0.39 is 0 Å². The molecule has 2 saturated heterocycles. The third kappa shape index (κ3) is 4.18. The SMILES string of the molecule is PCC1(C2C(C(P)(C3CCNC3)C3CCNC3)=CC(c3ccccc3)=C2c2ccccc2)C2CC3CC(C2)CC1C3. The Morgan fingerprint density at radius 3 is 1.76 bits per heavy atom. The molecule has 0 spiro atoms. The van der Waals surface area contributed by atoms with Crippen LogP contribution in [-0.2, 0) is 0 Å². The van der Waals surface area contributed by atoms with Crippen molar-refractivity contribution in [3.05, 3.63) is 83.4 Å². The van der Waals surface area contributed by atoms with E-state index in [1.165, 1.54) is 67.8 Å². The first-order valence-corrected chi connectivity index (χ1v) is 18.0. The van der Waals surface area contributed by atoms with Gasteiger partial charge in [0.2, 0.25) is 0 Å². The highest BCUT2D eigenvalue weighted by Crippen LogP contribution is 2.71. The van der Waals surface area contributed by atoms with Gasteiger partial charge in [0.15, 0.2) is 0 Å². The lowest BCUT2D eigenvalue weighted by Crippen LogP contribution is -2.59. The fourth-order valence-corrected chi connectivity index (χ4v) is 13.0. The molecule has 216 valence electrons. The summed E-state index contributed by atoms with van der Waals surface area (Å²) >= 11 is 0. The zero-order valence-electron chi connectivity index (χ0n) is 24.5. The van der Waals surface area contributed by atoms with Crippen molar-refractivity contribution in [2.75, 3.05) is 32.3 Å². The molecule has 2 heterocycles. The molecule has 2 aromatic rings. The van der Waals surface area contributed by atoms with Crippen molar-refractivity contribution in [3.63, 3.8) is 0 Å². The third-order valence-corrected chi connectivity index (χ3v) is 14.9. The molecule has 2 N–H and O–H groups in total. The molecule has 4 saturated carbocycles. The van der Waals surface area contributed by atoms with Crippen molar-refractivity contribution >= 4 is 29.6 Å². The maximum atomic E-state index is 3.80. The first-order chi connectivity index (χ1) is 20.1. The van der Waals surface area contributed by atoms with Crippen LogP contribution in [0.15, 0.2) is 72.3 Å². The van der Waals surface area contributed by atoms with Gasteiger partial charge in [-0.05, 0) is 140 Å². The summed E-state index contributed by atoms with van der Waals surface area (Å²) in [7, 11) is 6.98. The van der Waals surface area contributed by atoms with Gasteiger partial charge in [0.05, 0.1) is 0 Å². The Labute approximate surface area is 252 Å². The predicted molar refractivity (Wildman–Crippen MR) is 180 cm³/mol. The Morgan fingerprint density at radius 1 is 0.732 bits per heavy atom. The van der Waals surface area contributed by atoms with E-state index in [4.69, 9.17) is 0 Å². The Balaban J connectivity index is 1.39. The van der Waals surface area contributed by atoms with Gasteiger partial charge < -0.3 is 10.6 Å². The fraction of sp³-hybridized carbons (Fsp3) is 0.568. The minimum Gasteiger partial charge on any atom is -0.316 e. The van der Waals surface area contributed by atoms with Crippen molar-refractivity contribution in [3.8, 4) is 0 Å². The number of hydrogen-bond donors (Lipinski definition) is 2. The Kier molecular flexibility index (Phi) is 7.11. The molecule has 0 radical (unpaired) electrons. The van der Waals surface area contributed by atoms with E-state index in [2.05, 4.69) is 95.9 Å². The smallest absolute Gasteiger partial charge is 0.0147 e. The third-order valence-electron chi connectivity index (χ3n) is 12.9. The molecule has 5 atom stereocenters. The second-order valence-electron chi connectivity index (χ2n) is 14.5. The van der Waals surface area contributed by atoms with Crippen LogP contribution in [0, 0.1) is 46.8 Å². The number of nitrogens with one attached hydrogen (secondary N) is 2. The van der Waals surface area contributed by atoms with Crippen molar-refractivity contribution in [1.29, 1.82) is 0 Å². The summed E-state index contributed by atoms with van der Waals surface area (Å²) in [5.41, 5.74) is 8.10. The lowest BCUT2D eigenvalue weighted by molar-refractivity contribution is -0.110. The minimum atomic E-state index is 0.107. The van der Waals surface area contributed by atoms with Crippen LogP contribution in [0.25, 0.3) is 11.1 Å². The quantitative estimate of drug-likeness (QED) is 0.335. The summed E-state index contributed by atoms with van der Waals surface area (Å²) in [6, 6.07) is 23.0. The van der Waals surface area contributed by atoms with E-state index in [1.807, 2.05) is 0 Å². The molecule has 6 fully saturated rings. The van der Waals surface area contributed by atoms with Crippen molar-refractivity contribution in [2.24, 2.45) is 46.8 Å². The number of rotatable bonds is 7. The van der Waals surface area contributed by atoms with E-state index in [1.54, 1.807) is 11.1 Å². The predicted octanol–water partition coefficient (Wildman–Crippen LogP) is 7.30. The monoisotopic (exact) mass is 582 g/mol. The van der Waals surface area contributed by atoms with E-state index in [0.717, 1.165) is 49.9 Å². The standard InChI is InChI=1S/C37H48N2P2/c40-23-36(30-16-24-15-25(18-30)19-31(36)17-24)35-33(37(41,28-11-13-38-21-28)29-12-14-39-22-29)20-32(26-7-3-1-4-8-26)34(35)27-9-5-2-6-10-27/h1-10,20,24-25,28-31,35,38-39H,11-19,21-23,40-41H2. The first kappa shape index (κ1) is 27.3. The van der Waals surface area contributed by atoms with Crippen LogP contribution in [0.4, 0.5) is 0 Å². The van der Waals surface area contributed by atoms with Gasteiger partial charge in [-0.2, -0.15) is 0 Å². The van der Waals surface area contributed by atoms with Crippen LogP contribution >= 0.6 is 18.5 Å². The van der Waals surface area contributed by atoms with Gasteiger partial charge in [-0.25, -0.2) is 0 Å². The molecule has 5 unspecified atom stereocenters. The van der Waals surface area contributed by atoms with Crippen molar-refractivity contribution in [2.45, 2.75) is 50.1 Å². The lowest BCUT2D eigenvalue weighted by atomic mass is 9.41. The Bertz CT molecular complexity index is 1280. The van der Waals surface area contributed by atoms with Crippen molar-refractivity contribution in [1.82, 2.24) is 10.6 Å². The molecule has 4 heteroatoms. The fourth-order valence-electron chi connectivity index (χ4n) is 11.3. The van der Waals surface area contributed by atoms with Crippen LogP contribution in [0.1, 0.15) is 56.1 Å². The second kappa shape index (κ2) is 10.7. The lowest BCUT2D eigenvalue weighted by Gasteiger charge is -2.65. The largest absolute Gasteiger partial charge is 0.316 e. The summed E-state index contributed by atoms with van der Waals surface area (Å²) < 4.78 is 0. The Morgan fingerprint density at radius 2 is 1.27 bits per heavy atom. The second-order valence-corrected chi connectivity index (χ2v) is 15.9. The van der Waals surface area contributed by atoms with Crippen LogP contribution < -0.4 is 10.6 Å². The zero-order valence-corrected chi connectivity index (χ0v) is 26.8. The van der Waals surface area contributed by atoms with E-state index in [0.29, 0.717) is 23.2 Å². The summed E-state index contributed by atoms with van der Waals surface area (Å²) in [4.78, 5) is 0. The summed E-state index contributed by atoms with van der Waals surface area (Å²) in [6.07, 6.45) is 13.9. The molecule has 9 rings (SSSR count). The van der Waals surface area contributed by atoms with Gasteiger partial charge in [0.1, 0.15) is 0 Å². The van der Waals surface area contributed by atoms with Gasteiger partial charge in [-0.3, -0.25) is 0 Å². The molecule has 2 aliphatic heterocycles. The molecular weight excluding hydrogens is 534 g/mol. The number of benzene rings is 2. The number of allylic oxidation sites excluding steroid dienone is 4. The topological polar surface area (TPSA) is 24.1 Å². The average molecular weight is 583 g/mol. The van der Waals surface area contributed by atoms with Gasteiger partial charge >= 0.3 is 0 Å². The first-order valence-electron chi connectivity index (χ1n) is 16.6. The van der Waals surface area contributed by atoms with Crippen LogP contribution in [-0.4, -0.2) is 37.5 Å². The van der Waals surface area contributed by atoms with Gasteiger partial charge in [-0.1, -0.05) is 72.3 Å². The molecule has 5 aliphatic carbocycles. The molecule has 7 aliphatic rings. The van der Waals surface area contributed by atoms with Crippen LogP contribution in [0.2, 0.25) is 0 Å². The number of hydrogen-bond acceptors (Lipinski definition) is 2. The van der Waals surface area contributed by atoms with E-state index in [9.17, 15) is 0 Å². The summed E-state index contributed by atoms with van der Waals surface area (Å²) in [5.74, 6) is 5.45. The van der Waals surface area contributed by atoms with Crippen molar-refractivity contribution < 1.29 is 0 Å². The molecule has 2 nitrogen and oxygen atoms in total. The maximum Gasteiger partial charge on any atom is 0.0147 e. The highest BCUT2D eigenvalue weighted by molar-refractivity contribution is 7.19. The van der Waals surface area contributed by atoms with E-state index in [-0.39, 0.29) is 5.16 Å². The highest BCUT2D eigenvalue weighted by atomic mass is 31.0.